The summed E-state index contributed by atoms with van der Waals surface area (Å²) in [5, 5.41) is 13.4. The number of aryl methyl sites for hydroxylation is 1. The summed E-state index contributed by atoms with van der Waals surface area (Å²) in [5.74, 6) is 1.03. The minimum absolute atomic E-state index is 0.181. The molecular formula is C16H23NO2. The van der Waals surface area contributed by atoms with Gasteiger partial charge in [-0.05, 0) is 31.4 Å². The van der Waals surface area contributed by atoms with Crippen molar-refractivity contribution >= 4 is 0 Å². The zero-order valence-corrected chi connectivity index (χ0v) is 11.6. The maximum Gasteiger partial charge on any atom is 0.123 e. The highest BCUT2D eigenvalue weighted by Crippen LogP contribution is 2.29. The molecule has 1 aliphatic heterocycles. The van der Waals surface area contributed by atoms with Gasteiger partial charge in [0.2, 0.25) is 0 Å². The molecule has 0 spiro atoms. The summed E-state index contributed by atoms with van der Waals surface area (Å²) in [6.45, 7) is 2.94. The summed E-state index contributed by atoms with van der Waals surface area (Å²) in [7, 11) is 0. The van der Waals surface area contributed by atoms with E-state index in [1.807, 2.05) is 0 Å². The zero-order valence-electron chi connectivity index (χ0n) is 11.6. The Bertz CT molecular complexity index is 446. The van der Waals surface area contributed by atoms with Crippen LogP contribution in [0.2, 0.25) is 0 Å². The topological polar surface area (TPSA) is 41.5 Å². The molecule has 1 heterocycles. The predicted octanol–water partition coefficient (Wildman–Crippen LogP) is 2.19. The van der Waals surface area contributed by atoms with Crippen molar-refractivity contribution in [3.05, 3.63) is 29.3 Å². The van der Waals surface area contributed by atoms with Crippen LogP contribution in [0, 0.1) is 6.92 Å². The molecule has 0 aromatic heterocycles. The van der Waals surface area contributed by atoms with Gasteiger partial charge in [0.1, 0.15) is 11.9 Å². The highest BCUT2D eigenvalue weighted by atomic mass is 16.5. The Kier molecular flexibility index (Phi) is 3.76. The summed E-state index contributed by atoms with van der Waals surface area (Å²) >= 11 is 0. The van der Waals surface area contributed by atoms with Gasteiger partial charge in [-0.2, -0.15) is 0 Å². The summed E-state index contributed by atoms with van der Waals surface area (Å²) in [4.78, 5) is 0. The zero-order chi connectivity index (χ0) is 13.2. The SMILES string of the molecule is Cc1ccc2c(c1)CC(CNC1CCCCC1O)O2. The molecule has 1 saturated carbocycles. The van der Waals surface area contributed by atoms with Gasteiger partial charge in [0.05, 0.1) is 6.10 Å². The van der Waals surface area contributed by atoms with Crippen molar-refractivity contribution in [3.63, 3.8) is 0 Å². The van der Waals surface area contributed by atoms with Gasteiger partial charge in [-0.25, -0.2) is 0 Å². The van der Waals surface area contributed by atoms with Crippen molar-refractivity contribution in [2.24, 2.45) is 0 Å². The molecule has 3 heteroatoms. The van der Waals surface area contributed by atoms with Crippen molar-refractivity contribution in [3.8, 4) is 5.75 Å². The second kappa shape index (κ2) is 5.51. The monoisotopic (exact) mass is 261 g/mol. The number of rotatable bonds is 3. The Labute approximate surface area is 115 Å². The van der Waals surface area contributed by atoms with Crippen molar-refractivity contribution in [1.82, 2.24) is 5.32 Å². The van der Waals surface area contributed by atoms with Gasteiger partial charge in [-0.3, -0.25) is 0 Å². The van der Waals surface area contributed by atoms with E-state index in [2.05, 4.69) is 30.4 Å². The molecule has 0 bridgehead atoms. The van der Waals surface area contributed by atoms with E-state index in [1.54, 1.807) is 0 Å². The average molecular weight is 261 g/mol. The smallest absolute Gasteiger partial charge is 0.123 e. The van der Waals surface area contributed by atoms with E-state index in [0.717, 1.165) is 38.0 Å². The molecule has 3 rings (SSSR count). The Morgan fingerprint density at radius 1 is 1.32 bits per heavy atom. The number of hydrogen-bond acceptors (Lipinski definition) is 3. The number of fused-ring (bicyclic) bond motifs is 1. The van der Waals surface area contributed by atoms with Crippen LogP contribution in [0.4, 0.5) is 0 Å². The summed E-state index contributed by atoms with van der Waals surface area (Å²) < 4.78 is 5.94. The molecule has 2 N–H and O–H groups in total. The maximum atomic E-state index is 9.95. The quantitative estimate of drug-likeness (QED) is 0.876. The van der Waals surface area contributed by atoms with Crippen molar-refractivity contribution in [2.75, 3.05) is 6.54 Å². The van der Waals surface area contributed by atoms with Crippen LogP contribution in [0.3, 0.4) is 0 Å². The third kappa shape index (κ3) is 2.93. The third-order valence-corrected chi connectivity index (χ3v) is 4.29. The fourth-order valence-electron chi connectivity index (χ4n) is 3.20. The predicted molar refractivity (Wildman–Crippen MR) is 75.6 cm³/mol. The minimum Gasteiger partial charge on any atom is -0.488 e. The molecule has 0 saturated heterocycles. The maximum absolute atomic E-state index is 9.95. The number of nitrogens with one attached hydrogen (secondary N) is 1. The standard InChI is InChI=1S/C16H23NO2/c1-11-6-7-16-12(8-11)9-13(19-16)10-17-14-4-2-3-5-15(14)18/h6-8,13-15,17-18H,2-5,9-10H2,1H3. The van der Waals surface area contributed by atoms with E-state index < -0.39 is 0 Å². The van der Waals surface area contributed by atoms with E-state index in [0.29, 0.717) is 0 Å². The Hall–Kier alpha value is -1.06. The highest BCUT2D eigenvalue weighted by molar-refractivity contribution is 5.40. The molecule has 1 fully saturated rings. The number of ether oxygens (including phenoxy) is 1. The first-order chi connectivity index (χ1) is 9.22. The fraction of sp³-hybridized carbons (Fsp3) is 0.625. The van der Waals surface area contributed by atoms with E-state index in [-0.39, 0.29) is 18.2 Å². The largest absolute Gasteiger partial charge is 0.488 e. The van der Waals surface area contributed by atoms with Crippen molar-refractivity contribution < 1.29 is 9.84 Å². The molecule has 3 nitrogen and oxygen atoms in total. The van der Waals surface area contributed by atoms with E-state index >= 15 is 0 Å². The highest BCUT2D eigenvalue weighted by Gasteiger charge is 2.26. The molecule has 2 aliphatic rings. The molecule has 1 aliphatic carbocycles. The minimum atomic E-state index is -0.181. The lowest BCUT2D eigenvalue weighted by Crippen LogP contribution is -2.45. The molecule has 104 valence electrons. The lowest BCUT2D eigenvalue weighted by molar-refractivity contribution is 0.0846. The normalized spacial score (nSPS) is 29.9. The van der Waals surface area contributed by atoms with Crippen LogP contribution in [0.5, 0.6) is 5.75 Å². The van der Waals surface area contributed by atoms with Crippen LogP contribution in [-0.2, 0) is 6.42 Å². The van der Waals surface area contributed by atoms with E-state index in [9.17, 15) is 5.11 Å². The van der Waals surface area contributed by atoms with Gasteiger partial charge >= 0.3 is 0 Å². The molecule has 0 radical (unpaired) electrons. The van der Waals surface area contributed by atoms with Crippen LogP contribution < -0.4 is 10.1 Å². The fourth-order valence-corrected chi connectivity index (χ4v) is 3.20. The van der Waals surface area contributed by atoms with Gasteiger partial charge in [-0.1, -0.05) is 30.5 Å². The number of benzene rings is 1. The molecular weight excluding hydrogens is 238 g/mol. The summed E-state index contributed by atoms with van der Waals surface area (Å²) in [5.41, 5.74) is 2.61. The Balaban J connectivity index is 1.53. The molecule has 1 aromatic carbocycles. The first-order valence-electron chi connectivity index (χ1n) is 7.40. The lowest BCUT2D eigenvalue weighted by Gasteiger charge is -2.29. The first kappa shape index (κ1) is 12.9. The van der Waals surface area contributed by atoms with E-state index in [4.69, 9.17) is 4.74 Å². The lowest BCUT2D eigenvalue weighted by atomic mass is 9.92. The number of aliphatic hydroxyl groups excluding tert-OH is 1. The van der Waals surface area contributed by atoms with Gasteiger partial charge < -0.3 is 15.2 Å². The van der Waals surface area contributed by atoms with Crippen LogP contribution in [0.1, 0.15) is 36.8 Å². The number of hydrogen-bond donors (Lipinski definition) is 2. The van der Waals surface area contributed by atoms with Crippen LogP contribution in [0.25, 0.3) is 0 Å². The van der Waals surface area contributed by atoms with Crippen LogP contribution >= 0.6 is 0 Å². The second-order valence-electron chi connectivity index (χ2n) is 5.92. The Morgan fingerprint density at radius 2 is 2.16 bits per heavy atom. The second-order valence-corrected chi connectivity index (χ2v) is 5.92. The number of aliphatic hydroxyl groups is 1. The van der Waals surface area contributed by atoms with Gasteiger partial charge in [0.25, 0.3) is 0 Å². The van der Waals surface area contributed by atoms with Gasteiger partial charge in [-0.15, -0.1) is 0 Å². The van der Waals surface area contributed by atoms with Gasteiger partial charge in [0, 0.05) is 19.0 Å². The molecule has 3 atom stereocenters. The summed E-state index contributed by atoms with van der Waals surface area (Å²) in [6, 6.07) is 6.63. The van der Waals surface area contributed by atoms with Gasteiger partial charge in [0.15, 0.2) is 0 Å². The molecule has 0 amide bonds. The molecule has 1 aromatic rings. The van der Waals surface area contributed by atoms with E-state index in [1.165, 1.54) is 17.5 Å². The third-order valence-electron chi connectivity index (χ3n) is 4.29. The average Bonchev–Trinajstić information content (AvgIpc) is 2.79. The van der Waals surface area contributed by atoms with Crippen molar-refractivity contribution in [1.29, 1.82) is 0 Å². The Morgan fingerprint density at radius 3 is 3.00 bits per heavy atom. The van der Waals surface area contributed by atoms with Crippen LogP contribution in [-0.4, -0.2) is 29.9 Å². The molecule has 3 unspecified atom stereocenters. The van der Waals surface area contributed by atoms with Crippen LogP contribution in [0.15, 0.2) is 18.2 Å². The molecule has 19 heavy (non-hydrogen) atoms. The first-order valence-corrected chi connectivity index (χ1v) is 7.40. The summed E-state index contributed by atoms with van der Waals surface area (Å²) in [6.07, 6.45) is 5.41. The van der Waals surface area contributed by atoms with Crippen molar-refractivity contribution in [2.45, 2.75) is 57.3 Å².